The smallest absolute Gasteiger partial charge is 0.295 e. The summed E-state index contributed by atoms with van der Waals surface area (Å²) in [6, 6.07) is 3.67. The van der Waals surface area contributed by atoms with Crippen molar-refractivity contribution in [1.82, 2.24) is 5.16 Å². The highest BCUT2D eigenvalue weighted by atomic mass is 32.1. The first-order valence-corrected chi connectivity index (χ1v) is 8.41. The summed E-state index contributed by atoms with van der Waals surface area (Å²) in [6.07, 6.45) is 6.51. The standard InChI is InChI=1S/C16H17N3O3S/c1-21-14-8-12(22-19-14)15(20)18-16-11(9-17)10-6-4-2-3-5-7-13(10)23-16/h8H,2-7H2,1H3,(H,18,20). The Morgan fingerprint density at radius 2 is 2.17 bits per heavy atom. The summed E-state index contributed by atoms with van der Waals surface area (Å²) in [6.45, 7) is 0. The van der Waals surface area contributed by atoms with Crippen LogP contribution in [0.15, 0.2) is 10.6 Å². The zero-order chi connectivity index (χ0) is 16.2. The maximum absolute atomic E-state index is 12.3. The number of rotatable bonds is 3. The summed E-state index contributed by atoms with van der Waals surface area (Å²) in [4.78, 5) is 13.5. The van der Waals surface area contributed by atoms with Crippen molar-refractivity contribution in [3.63, 3.8) is 0 Å². The van der Waals surface area contributed by atoms with E-state index >= 15 is 0 Å². The Labute approximate surface area is 138 Å². The van der Waals surface area contributed by atoms with Crippen molar-refractivity contribution in [2.75, 3.05) is 12.4 Å². The molecule has 0 aromatic carbocycles. The van der Waals surface area contributed by atoms with E-state index in [-0.39, 0.29) is 11.6 Å². The summed E-state index contributed by atoms with van der Waals surface area (Å²) in [5.41, 5.74) is 1.69. The van der Waals surface area contributed by atoms with Crippen molar-refractivity contribution in [2.24, 2.45) is 0 Å². The molecule has 0 radical (unpaired) electrons. The number of anilines is 1. The van der Waals surface area contributed by atoms with Crippen LogP contribution in [0, 0.1) is 11.3 Å². The maximum atomic E-state index is 12.3. The third-order valence-corrected chi connectivity index (χ3v) is 5.14. The van der Waals surface area contributed by atoms with E-state index in [0.717, 1.165) is 31.2 Å². The van der Waals surface area contributed by atoms with Gasteiger partial charge in [0.25, 0.3) is 11.8 Å². The summed E-state index contributed by atoms with van der Waals surface area (Å²) in [7, 11) is 1.45. The molecular weight excluding hydrogens is 314 g/mol. The van der Waals surface area contributed by atoms with Gasteiger partial charge in [0.1, 0.15) is 11.1 Å². The number of nitrogens with zero attached hydrogens (tertiary/aromatic N) is 2. The molecule has 6 nitrogen and oxygen atoms in total. The van der Waals surface area contributed by atoms with Gasteiger partial charge in [-0.25, -0.2) is 0 Å². The second-order valence-corrected chi connectivity index (χ2v) is 6.53. The number of carbonyl (C=O) groups excluding carboxylic acids is 1. The Bertz CT molecular complexity index is 757. The van der Waals surface area contributed by atoms with Crippen LogP contribution in [0.1, 0.15) is 52.2 Å². The van der Waals surface area contributed by atoms with Gasteiger partial charge in [-0.05, 0) is 36.4 Å². The average molecular weight is 331 g/mol. The summed E-state index contributed by atoms with van der Waals surface area (Å²) in [5.74, 6) is -0.118. The van der Waals surface area contributed by atoms with E-state index in [1.54, 1.807) is 0 Å². The molecule has 23 heavy (non-hydrogen) atoms. The fourth-order valence-corrected chi connectivity index (χ4v) is 3.99. The lowest BCUT2D eigenvalue weighted by molar-refractivity contribution is 0.0988. The fourth-order valence-electron chi connectivity index (χ4n) is 2.75. The number of carbonyl (C=O) groups is 1. The van der Waals surface area contributed by atoms with Gasteiger partial charge in [0, 0.05) is 4.88 Å². The molecule has 1 aliphatic rings. The number of nitrogens with one attached hydrogen (secondary N) is 1. The van der Waals surface area contributed by atoms with Gasteiger partial charge in [0.15, 0.2) is 0 Å². The summed E-state index contributed by atoms with van der Waals surface area (Å²) < 4.78 is 9.84. The quantitative estimate of drug-likeness (QED) is 0.929. The molecule has 0 saturated heterocycles. The molecule has 1 aliphatic carbocycles. The average Bonchev–Trinajstić information content (AvgIpc) is 3.12. The van der Waals surface area contributed by atoms with Crippen LogP contribution in [0.3, 0.4) is 0 Å². The minimum atomic E-state index is -0.425. The molecule has 3 rings (SSSR count). The van der Waals surface area contributed by atoms with E-state index in [1.165, 1.54) is 42.2 Å². The van der Waals surface area contributed by atoms with Crippen molar-refractivity contribution in [3.05, 3.63) is 27.8 Å². The molecule has 0 unspecified atom stereocenters. The van der Waals surface area contributed by atoms with E-state index in [0.29, 0.717) is 10.6 Å². The fraction of sp³-hybridized carbons (Fsp3) is 0.438. The number of aromatic nitrogens is 1. The lowest BCUT2D eigenvalue weighted by atomic mass is 9.97. The van der Waals surface area contributed by atoms with Crippen LogP contribution >= 0.6 is 11.3 Å². The van der Waals surface area contributed by atoms with Gasteiger partial charge >= 0.3 is 0 Å². The van der Waals surface area contributed by atoms with E-state index in [2.05, 4.69) is 16.5 Å². The topological polar surface area (TPSA) is 88.1 Å². The zero-order valence-corrected chi connectivity index (χ0v) is 13.7. The van der Waals surface area contributed by atoms with Crippen LogP contribution in [0.4, 0.5) is 5.00 Å². The van der Waals surface area contributed by atoms with E-state index in [4.69, 9.17) is 9.26 Å². The highest BCUT2D eigenvalue weighted by molar-refractivity contribution is 7.16. The summed E-state index contributed by atoms with van der Waals surface area (Å²) in [5, 5.41) is 16.5. The largest absolute Gasteiger partial charge is 0.479 e. The normalized spacial score (nSPS) is 14.3. The molecule has 2 aromatic heterocycles. The Balaban J connectivity index is 1.86. The molecule has 2 heterocycles. The monoisotopic (exact) mass is 331 g/mol. The third-order valence-electron chi connectivity index (χ3n) is 3.93. The highest BCUT2D eigenvalue weighted by Crippen LogP contribution is 2.36. The minimum Gasteiger partial charge on any atom is -0.479 e. The predicted octanol–water partition coefficient (Wildman–Crippen LogP) is 3.53. The molecule has 0 atom stereocenters. The number of fused-ring (bicyclic) bond motifs is 1. The first-order chi connectivity index (χ1) is 11.2. The van der Waals surface area contributed by atoms with Crippen LogP contribution in [-0.4, -0.2) is 18.2 Å². The Hall–Kier alpha value is -2.33. The molecule has 1 N–H and O–H groups in total. The molecule has 0 saturated carbocycles. The van der Waals surface area contributed by atoms with Crippen LogP contribution in [0.25, 0.3) is 0 Å². The number of hydrogen-bond donors (Lipinski definition) is 1. The molecule has 0 fully saturated rings. The van der Waals surface area contributed by atoms with Gasteiger partial charge < -0.3 is 14.6 Å². The van der Waals surface area contributed by atoms with Gasteiger partial charge in [0.2, 0.25) is 5.76 Å². The summed E-state index contributed by atoms with van der Waals surface area (Å²) >= 11 is 1.50. The number of amides is 1. The maximum Gasteiger partial charge on any atom is 0.295 e. The predicted molar refractivity (Wildman–Crippen MR) is 85.9 cm³/mol. The van der Waals surface area contributed by atoms with Crippen LogP contribution < -0.4 is 10.1 Å². The molecule has 1 amide bonds. The van der Waals surface area contributed by atoms with Gasteiger partial charge in [-0.1, -0.05) is 12.8 Å². The van der Waals surface area contributed by atoms with Crippen LogP contribution in [0.5, 0.6) is 5.88 Å². The zero-order valence-electron chi connectivity index (χ0n) is 12.8. The van der Waals surface area contributed by atoms with Gasteiger partial charge in [-0.3, -0.25) is 4.79 Å². The van der Waals surface area contributed by atoms with Gasteiger partial charge in [-0.2, -0.15) is 5.26 Å². The van der Waals surface area contributed by atoms with Crippen LogP contribution in [0.2, 0.25) is 0 Å². The molecular formula is C16H17N3O3S. The molecule has 0 aliphatic heterocycles. The third kappa shape index (κ3) is 3.22. The van der Waals surface area contributed by atoms with E-state index in [1.807, 2.05) is 0 Å². The first-order valence-electron chi connectivity index (χ1n) is 7.59. The number of methoxy groups -OCH3 is 1. The molecule has 0 bridgehead atoms. The second-order valence-electron chi connectivity index (χ2n) is 5.42. The van der Waals surface area contributed by atoms with Crippen molar-refractivity contribution in [1.29, 1.82) is 5.26 Å². The molecule has 120 valence electrons. The van der Waals surface area contributed by atoms with Crippen molar-refractivity contribution in [3.8, 4) is 11.9 Å². The highest BCUT2D eigenvalue weighted by Gasteiger charge is 2.22. The van der Waals surface area contributed by atoms with E-state index < -0.39 is 5.91 Å². The minimum absolute atomic E-state index is 0.0616. The lowest BCUT2D eigenvalue weighted by Gasteiger charge is -2.08. The number of aryl methyl sites for hydroxylation is 1. The molecule has 0 spiro atoms. The van der Waals surface area contributed by atoms with Crippen LogP contribution in [-0.2, 0) is 12.8 Å². The SMILES string of the molecule is COc1cc(C(=O)Nc2sc3c(c2C#N)CCCCCC3)on1. The van der Waals surface area contributed by atoms with Crippen molar-refractivity contribution >= 4 is 22.2 Å². The molecule has 2 aromatic rings. The Morgan fingerprint density at radius 3 is 2.87 bits per heavy atom. The lowest BCUT2D eigenvalue weighted by Crippen LogP contribution is -2.10. The van der Waals surface area contributed by atoms with Gasteiger partial charge in [-0.15, -0.1) is 11.3 Å². The van der Waals surface area contributed by atoms with Gasteiger partial charge in [0.05, 0.1) is 18.7 Å². The number of thiophene rings is 1. The Morgan fingerprint density at radius 1 is 1.39 bits per heavy atom. The molecule has 7 heteroatoms. The first kappa shape index (κ1) is 15.6. The Kier molecular flexibility index (Phi) is 4.63. The number of ether oxygens (including phenoxy) is 1. The second kappa shape index (κ2) is 6.84. The van der Waals surface area contributed by atoms with E-state index in [9.17, 15) is 10.1 Å². The number of nitriles is 1. The van der Waals surface area contributed by atoms with Crippen molar-refractivity contribution < 1.29 is 14.1 Å². The number of hydrogen-bond acceptors (Lipinski definition) is 6. The van der Waals surface area contributed by atoms with Crippen molar-refractivity contribution in [2.45, 2.75) is 38.5 Å².